The Morgan fingerprint density at radius 3 is 2.86 bits per heavy atom. The van der Waals surface area contributed by atoms with Crippen LogP contribution in [0, 0.1) is 0 Å². The van der Waals surface area contributed by atoms with E-state index in [1.54, 1.807) is 12.1 Å². The van der Waals surface area contributed by atoms with Crippen molar-refractivity contribution in [1.82, 2.24) is 10.3 Å². The number of rotatable bonds is 9. The predicted octanol–water partition coefficient (Wildman–Crippen LogP) is 2.57. The lowest BCUT2D eigenvalue weighted by atomic mass is 10.3. The smallest absolute Gasteiger partial charge is 0.271 e. The summed E-state index contributed by atoms with van der Waals surface area (Å²) in [5.41, 5.74) is 0.0895. The van der Waals surface area contributed by atoms with Gasteiger partial charge in [-0.3, -0.25) is 4.79 Å². The second-order valence-electron chi connectivity index (χ2n) is 4.18. The summed E-state index contributed by atoms with van der Waals surface area (Å²) in [6.07, 6.45) is -1.59. The minimum atomic E-state index is -2.52. The van der Waals surface area contributed by atoms with Gasteiger partial charge in [-0.1, -0.05) is 18.5 Å². The Morgan fingerprint density at radius 2 is 2.19 bits per heavy atom. The number of alkyl halides is 2. The molecule has 1 amide bonds. The molecule has 1 aromatic rings. The molecule has 1 heterocycles. The van der Waals surface area contributed by atoms with Crippen molar-refractivity contribution in [2.75, 3.05) is 31.6 Å². The number of halogens is 3. The Morgan fingerprint density at radius 1 is 1.43 bits per heavy atom. The minimum absolute atomic E-state index is 0.00146. The molecule has 0 bridgehead atoms. The molecule has 0 aliphatic heterocycles. The molecule has 0 aliphatic carbocycles. The van der Waals surface area contributed by atoms with Crippen LogP contribution in [0.5, 0.6) is 0 Å². The van der Waals surface area contributed by atoms with E-state index >= 15 is 0 Å². The van der Waals surface area contributed by atoms with Crippen LogP contribution in [0.15, 0.2) is 12.1 Å². The van der Waals surface area contributed by atoms with Crippen LogP contribution in [0.1, 0.15) is 23.8 Å². The van der Waals surface area contributed by atoms with Crippen molar-refractivity contribution in [1.29, 1.82) is 0 Å². The van der Waals surface area contributed by atoms with Crippen molar-refractivity contribution in [2.45, 2.75) is 19.8 Å². The van der Waals surface area contributed by atoms with E-state index in [9.17, 15) is 13.6 Å². The largest absolute Gasteiger partial charge is 0.374 e. The zero-order valence-corrected chi connectivity index (χ0v) is 12.4. The maximum atomic E-state index is 11.9. The zero-order valence-electron chi connectivity index (χ0n) is 11.7. The number of nitrogens with one attached hydrogen (secondary N) is 2. The van der Waals surface area contributed by atoms with Crippen LogP contribution >= 0.6 is 11.6 Å². The van der Waals surface area contributed by atoms with E-state index in [1.807, 2.05) is 6.92 Å². The number of pyridine rings is 1. The van der Waals surface area contributed by atoms with Gasteiger partial charge >= 0.3 is 0 Å². The van der Waals surface area contributed by atoms with Gasteiger partial charge in [0.1, 0.15) is 18.1 Å². The number of anilines is 1. The fourth-order valence-corrected chi connectivity index (χ4v) is 1.64. The molecule has 8 heteroatoms. The van der Waals surface area contributed by atoms with E-state index in [1.165, 1.54) is 0 Å². The van der Waals surface area contributed by atoms with E-state index < -0.39 is 18.9 Å². The Hall–Kier alpha value is -1.47. The number of ether oxygens (including phenoxy) is 1. The van der Waals surface area contributed by atoms with Crippen LogP contribution < -0.4 is 10.6 Å². The molecule has 0 atom stereocenters. The molecule has 0 fully saturated rings. The SMILES string of the molecule is CCCNc1ccc(Cl)c(C(=O)NCCOCC(F)F)n1. The van der Waals surface area contributed by atoms with Gasteiger partial charge in [-0.15, -0.1) is 0 Å². The zero-order chi connectivity index (χ0) is 15.7. The summed E-state index contributed by atoms with van der Waals surface area (Å²) in [7, 11) is 0. The van der Waals surface area contributed by atoms with Gasteiger partial charge in [-0.25, -0.2) is 13.8 Å². The Kier molecular flexibility index (Phi) is 7.92. The summed E-state index contributed by atoms with van der Waals surface area (Å²) in [5.74, 6) is 0.0844. The highest BCUT2D eigenvalue weighted by atomic mass is 35.5. The molecule has 21 heavy (non-hydrogen) atoms. The van der Waals surface area contributed by atoms with Gasteiger partial charge < -0.3 is 15.4 Å². The first-order chi connectivity index (χ1) is 10.0. The summed E-state index contributed by atoms with van der Waals surface area (Å²) in [4.78, 5) is 16.0. The standard InChI is InChI=1S/C13H18ClF2N3O2/c1-2-5-17-11-4-3-9(14)12(19-11)13(20)18-6-7-21-8-10(15)16/h3-4,10H,2,5-8H2,1H3,(H,17,19)(H,18,20). The molecule has 118 valence electrons. The first-order valence-corrected chi connectivity index (χ1v) is 6.97. The lowest BCUT2D eigenvalue weighted by molar-refractivity contribution is 0.0188. The number of carbonyl (C=O) groups excluding carboxylic acids is 1. The van der Waals surface area contributed by atoms with Gasteiger partial charge in [0.15, 0.2) is 0 Å². The molecule has 2 N–H and O–H groups in total. The van der Waals surface area contributed by atoms with E-state index in [4.69, 9.17) is 11.6 Å². The Bertz CT molecular complexity index is 461. The van der Waals surface area contributed by atoms with Crippen LogP contribution in [0.4, 0.5) is 14.6 Å². The van der Waals surface area contributed by atoms with Gasteiger partial charge in [0.05, 0.1) is 11.6 Å². The summed E-state index contributed by atoms with van der Waals surface area (Å²) < 4.78 is 28.3. The van der Waals surface area contributed by atoms with E-state index in [2.05, 4.69) is 20.4 Å². The Labute approximate surface area is 127 Å². The van der Waals surface area contributed by atoms with Crippen molar-refractivity contribution in [3.63, 3.8) is 0 Å². The molecular formula is C13H18ClF2N3O2. The highest BCUT2D eigenvalue weighted by Gasteiger charge is 2.13. The molecule has 0 spiro atoms. The molecule has 0 saturated heterocycles. The topological polar surface area (TPSA) is 63.2 Å². The minimum Gasteiger partial charge on any atom is -0.374 e. The molecular weight excluding hydrogens is 304 g/mol. The van der Waals surface area contributed by atoms with Crippen molar-refractivity contribution >= 4 is 23.3 Å². The number of hydrogen-bond acceptors (Lipinski definition) is 4. The summed E-state index contributed by atoms with van der Waals surface area (Å²) >= 11 is 5.93. The highest BCUT2D eigenvalue weighted by molar-refractivity contribution is 6.33. The van der Waals surface area contributed by atoms with Gasteiger partial charge in [0, 0.05) is 13.1 Å². The molecule has 5 nitrogen and oxygen atoms in total. The van der Waals surface area contributed by atoms with Crippen LogP contribution in [-0.2, 0) is 4.74 Å². The van der Waals surface area contributed by atoms with Crippen LogP contribution in [0.25, 0.3) is 0 Å². The third-order valence-corrected chi connectivity index (χ3v) is 2.70. The fourth-order valence-electron chi connectivity index (χ4n) is 1.45. The molecule has 1 rings (SSSR count). The van der Waals surface area contributed by atoms with Crippen LogP contribution in [0.2, 0.25) is 5.02 Å². The second kappa shape index (κ2) is 9.46. The Balaban J connectivity index is 2.48. The lowest BCUT2D eigenvalue weighted by Crippen LogP contribution is -2.29. The van der Waals surface area contributed by atoms with Crippen molar-refractivity contribution < 1.29 is 18.3 Å². The predicted molar refractivity (Wildman–Crippen MR) is 77.2 cm³/mol. The molecule has 1 aromatic heterocycles. The maximum Gasteiger partial charge on any atom is 0.271 e. The van der Waals surface area contributed by atoms with Gasteiger partial charge in [0.25, 0.3) is 12.3 Å². The van der Waals surface area contributed by atoms with Crippen LogP contribution in [0.3, 0.4) is 0 Å². The number of nitrogens with zero attached hydrogens (tertiary/aromatic N) is 1. The quantitative estimate of drug-likeness (QED) is 0.686. The van der Waals surface area contributed by atoms with E-state index in [0.717, 1.165) is 13.0 Å². The maximum absolute atomic E-state index is 11.9. The average molecular weight is 322 g/mol. The number of hydrogen-bond donors (Lipinski definition) is 2. The number of amides is 1. The third kappa shape index (κ3) is 6.68. The second-order valence-corrected chi connectivity index (χ2v) is 4.58. The van der Waals surface area contributed by atoms with Gasteiger partial charge in [0.2, 0.25) is 0 Å². The van der Waals surface area contributed by atoms with Gasteiger partial charge in [-0.05, 0) is 18.6 Å². The molecule has 0 radical (unpaired) electrons. The summed E-state index contributed by atoms with van der Waals surface area (Å²) in [5, 5.41) is 5.79. The first-order valence-electron chi connectivity index (χ1n) is 6.59. The van der Waals surface area contributed by atoms with E-state index in [0.29, 0.717) is 5.82 Å². The lowest BCUT2D eigenvalue weighted by Gasteiger charge is -2.09. The first kappa shape index (κ1) is 17.6. The summed E-state index contributed by atoms with van der Waals surface area (Å²) in [6.45, 7) is 2.20. The van der Waals surface area contributed by atoms with E-state index in [-0.39, 0.29) is 23.9 Å². The van der Waals surface area contributed by atoms with Crippen LogP contribution in [-0.4, -0.2) is 43.6 Å². The van der Waals surface area contributed by atoms with Gasteiger partial charge in [-0.2, -0.15) is 0 Å². The average Bonchev–Trinajstić information content (AvgIpc) is 2.45. The number of aromatic nitrogens is 1. The fraction of sp³-hybridized carbons (Fsp3) is 0.538. The third-order valence-electron chi connectivity index (χ3n) is 2.39. The molecule has 0 aliphatic rings. The molecule has 0 unspecified atom stereocenters. The molecule has 0 aromatic carbocycles. The normalized spacial score (nSPS) is 10.7. The van der Waals surface area contributed by atoms with Crippen molar-refractivity contribution in [3.05, 3.63) is 22.8 Å². The van der Waals surface area contributed by atoms with Crippen molar-refractivity contribution in [3.8, 4) is 0 Å². The monoisotopic (exact) mass is 321 g/mol. The summed E-state index contributed by atoms with van der Waals surface area (Å²) in [6, 6.07) is 3.26. The number of carbonyl (C=O) groups is 1. The molecule has 0 saturated carbocycles. The highest BCUT2D eigenvalue weighted by Crippen LogP contribution is 2.16. The van der Waals surface area contributed by atoms with Crippen molar-refractivity contribution in [2.24, 2.45) is 0 Å².